The van der Waals surface area contributed by atoms with Gasteiger partial charge in [-0.3, -0.25) is 0 Å². The molecule has 0 spiro atoms. The summed E-state index contributed by atoms with van der Waals surface area (Å²) in [7, 11) is 3.21. The summed E-state index contributed by atoms with van der Waals surface area (Å²) in [6, 6.07) is 12.3. The number of ether oxygens (including phenoxy) is 2. The van der Waals surface area contributed by atoms with Crippen LogP contribution in [0.5, 0.6) is 11.5 Å². The van der Waals surface area contributed by atoms with E-state index in [9.17, 15) is 4.79 Å². The maximum absolute atomic E-state index is 11.0. The minimum Gasteiger partial charge on any atom is -0.497 e. The van der Waals surface area contributed by atoms with Crippen LogP contribution in [0.3, 0.4) is 0 Å². The molecule has 0 unspecified atom stereocenters. The summed E-state index contributed by atoms with van der Waals surface area (Å²) in [5.74, 6) is 1.38. The van der Waals surface area contributed by atoms with E-state index < -0.39 is 5.97 Å². The molecule has 2 aromatic carbocycles. The van der Waals surface area contributed by atoms with Crippen LogP contribution in [0, 0.1) is 0 Å². The van der Waals surface area contributed by atoms with E-state index in [0.717, 1.165) is 10.5 Å². The lowest BCUT2D eigenvalue weighted by molar-refractivity contribution is 0.0697. The maximum Gasteiger partial charge on any atom is 0.335 e. The molecule has 10 heteroatoms. The average Bonchev–Trinajstić information content (AvgIpc) is 3.23. The number of methoxy groups -OCH3 is 2. The number of nitrogens with zero attached hydrogens (tertiary/aromatic N) is 4. The molecule has 0 saturated heterocycles. The third-order valence-corrected chi connectivity index (χ3v) is 5.79. The first-order valence-corrected chi connectivity index (χ1v) is 10.5. The number of hydrogen-bond donors (Lipinski definition) is 2. The van der Waals surface area contributed by atoms with Gasteiger partial charge < -0.3 is 24.9 Å². The number of nitrogens with two attached hydrogens (primary N) is 1. The van der Waals surface area contributed by atoms with Crippen LogP contribution in [-0.4, -0.2) is 44.8 Å². The fourth-order valence-corrected chi connectivity index (χ4v) is 4.06. The van der Waals surface area contributed by atoms with E-state index in [4.69, 9.17) is 20.3 Å². The Labute approximate surface area is 188 Å². The van der Waals surface area contributed by atoms with Crippen molar-refractivity contribution in [2.24, 2.45) is 0 Å². The third-order valence-electron chi connectivity index (χ3n) is 4.89. The standard InChI is InChI=1S/C22H21N5O4S/c1-30-15-7-8-16(31-2)17(11-15)32-22-25-18-19(23)24-12-27(20(18)26-22)10-9-13-3-5-14(6-4-13)21(28)29/h3-8,11-12H,9-10,23H2,1-2H3,(H,28,29). The highest BCUT2D eigenvalue weighted by atomic mass is 32.2. The molecule has 0 radical (unpaired) electrons. The lowest BCUT2D eigenvalue weighted by atomic mass is 10.1. The summed E-state index contributed by atoms with van der Waals surface area (Å²) in [5, 5.41) is 9.56. The van der Waals surface area contributed by atoms with E-state index in [1.807, 2.05) is 22.8 Å². The molecular formula is C22H21N5O4S. The first-order chi connectivity index (χ1) is 15.5. The molecule has 32 heavy (non-hydrogen) atoms. The monoisotopic (exact) mass is 451 g/mol. The number of carboxylic acid groups (broad SMARTS) is 1. The molecule has 4 rings (SSSR count). The number of benzene rings is 2. The molecular weight excluding hydrogens is 430 g/mol. The van der Waals surface area contributed by atoms with Gasteiger partial charge in [-0.2, -0.15) is 0 Å². The van der Waals surface area contributed by atoms with Crippen molar-refractivity contribution in [3.05, 3.63) is 59.9 Å². The number of aromatic carboxylic acids is 1. The minimum atomic E-state index is -0.944. The van der Waals surface area contributed by atoms with Crippen molar-refractivity contribution >= 4 is 23.5 Å². The molecule has 0 atom stereocenters. The Hall–Kier alpha value is -3.79. The van der Waals surface area contributed by atoms with Gasteiger partial charge in [-0.05, 0) is 54.1 Å². The Morgan fingerprint density at radius 1 is 1.12 bits per heavy atom. The number of fused-ring (bicyclic) bond motifs is 1. The zero-order valence-electron chi connectivity index (χ0n) is 17.5. The predicted octanol–water partition coefficient (Wildman–Crippen LogP) is 3.47. The van der Waals surface area contributed by atoms with Gasteiger partial charge in [0.1, 0.15) is 11.5 Å². The topological polar surface area (TPSA) is 125 Å². The van der Waals surface area contributed by atoms with Crippen LogP contribution < -0.4 is 15.2 Å². The van der Waals surface area contributed by atoms with Crippen LogP contribution in [-0.2, 0) is 13.0 Å². The molecule has 2 aliphatic heterocycles. The Bertz CT molecular complexity index is 1230. The molecule has 164 valence electrons. The first-order valence-electron chi connectivity index (χ1n) is 9.69. The van der Waals surface area contributed by atoms with Gasteiger partial charge in [-0.25, -0.2) is 19.7 Å². The van der Waals surface area contributed by atoms with E-state index in [-0.39, 0.29) is 5.56 Å². The molecule has 0 fully saturated rings. The van der Waals surface area contributed by atoms with Gasteiger partial charge in [0, 0.05) is 6.54 Å². The summed E-state index contributed by atoms with van der Waals surface area (Å²) in [4.78, 5) is 25.3. The Morgan fingerprint density at radius 3 is 2.59 bits per heavy atom. The van der Waals surface area contributed by atoms with Crippen molar-refractivity contribution in [2.75, 3.05) is 20.0 Å². The predicted molar refractivity (Wildman–Crippen MR) is 120 cm³/mol. The maximum atomic E-state index is 11.0. The van der Waals surface area contributed by atoms with Gasteiger partial charge in [0.25, 0.3) is 0 Å². The Kier molecular flexibility index (Phi) is 6.13. The van der Waals surface area contributed by atoms with E-state index in [2.05, 4.69) is 15.0 Å². The number of imidazole rings is 1. The molecule has 0 aromatic heterocycles. The lowest BCUT2D eigenvalue weighted by Gasteiger charge is -2.11. The van der Waals surface area contributed by atoms with Gasteiger partial charge in [-0.1, -0.05) is 12.1 Å². The number of carboxylic acids is 1. The van der Waals surface area contributed by atoms with Crippen LogP contribution in [0.15, 0.2) is 58.8 Å². The second-order valence-corrected chi connectivity index (χ2v) is 7.88. The van der Waals surface area contributed by atoms with Crippen LogP contribution in [0.4, 0.5) is 5.82 Å². The van der Waals surface area contributed by atoms with Crippen LogP contribution in [0.25, 0.3) is 11.5 Å². The van der Waals surface area contributed by atoms with E-state index in [0.29, 0.717) is 47.0 Å². The number of anilines is 1. The third kappa shape index (κ3) is 4.45. The van der Waals surface area contributed by atoms with Gasteiger partial charge >= 0.3 is 5.97 Å². The minimum absolute atomic E-state index is 0.259. The highest BCUT2D eigenvalue weighted by Crippen LogP contribution is 2.38. The highest BCUT2D eigenvalue weighted by molar-refractivity contribution is 7.99. The SMILES string of the molecule is COc1ccc(OC)c(Sc2nc3c(N)ncn(CCc4ccc(C(=O)O)cc4)c-3n2)c1. The number of aromatic nitrogens is 4. The van der Waals surface area contributed by atoms with Gasteiger partial charge in [0.2, 0.25) is 0 Å². The van der Waals surface area contributed by atoms with Crippen molar-refractivity contribution in [1.82, 2.24) is 19.5 Å². The van der Waals surface area contributed by atoms with E-state index in [1.54, 1.807) is 44.8 Å². The summed E-state index contributed by atoms with van der Waals surface area (Å²) in [6.45, 7) is 0.585. The summed E-state index contributed by atoms with van der Waals surface area (Å²) in [6.07, 6.45) is 2.31. The van der Waals surface area contributed by atoms with Crippen molar-refractivity contribution < 1.29 is 19.4 Å². The fraction of sp³-hybridized carbons (Fsp3) is 0.182. The molecule has 0 bridgehead atoms. The zero-order chi connectivity index (χ0) is 22.7. The van der Waals surface area contributed by atoms with Crippen molar-refractivity contribution in [1.29, 1.82) is 0 Å². The highest BCUT2D eigenvalue weighted by Gasteiger charge is 2.20. The lowest BCUT2D eigenvalue weighted by Crippen LogP contribution is -2.10. The molecule has 0 amide bonds. The number of nitrogen functional groups attached to an aromatic ring is 1. The van der Waals surface area contributed by atoms with Crippen LogP contribution in [0.2, 0.25) is 0 Å². The normalized spacial score (nSPS) is 10.9. The Balaban J connectivity index is 1.59. The number of carbonyl (C=O) groups is 1. The number of aryl methyl sites for hydroxylation is 2. The van der Waals surface area contributed by atoms with Crippen LogP contribution >= 0.6 is 11.8 Å². The molecule has 9 nitrogen and oxygen atoms in total. The quantitative estimate of drug-likeness (QED) is 0.414. The molecule has 3 N–H and O–H groups in total. The molecule has 0 aliphatic carbocycles. The summed E-state index contributed by atoms with van der Waals surface area (Å²) in [5.41, 5.74) is 7.84. The van der Waals surface area contributed by atoms with Crippen LogP contribution in [0.1, 0.15) is 15.9 Å². The van der Waals surface area contributed by atoms with E-state index >= 15 is 0 Å². The molecule has 2 aromatic rings. The van der Waals surface area contributed by atoms with Gasteiger partial charge in [0.05, 0.1) is 31.0 Å². The smallest absolute Gasteiger partial charge is 0.335 e. The summed E-state index contributed by atoms with van der Waals surface area (Å²) >= 11 is 1.35. The Morgan fingerprint density at radius 2 is 1.91 bits per heavy atom. The molecule has 2 heterocycles. The van der Waals surface area contributed by atoms with E-state index in [1.165, 1.54) is 11.8 Å². The summed E-state index contributed by atoms with van der Waals surface area (Å²) < 4.78 is 12.6. The number of rotatable bonds is 8. The molecule has 2 aliphatic rings. The van der Waals surface area contributed by atoms with Crippen molar-refractivity contribution in [3.63, 3.8) is 0 Å². The fourth-order valence-electron chi connectivity index (χ4n) is 3.17. The zero-order valence-corrected chi connectivity index (χ0v) is 18.3. The second-order valence-electron chi connectivity index (χ2n) is 6.87. The average molecular weight is 452 g/mol. The number of hydrogen-bond acceptors (Lipinski definition) is 8. The van der Waals surface area contributed by atoms with Crippen molar-refractivity contribution in [2.45, 2.75) is 23.0 Å². The largest absolute Gasteiger partial charge is 0.497 e. The van der Waals surface area contributed by atoms with Crippen molar-refractivity contribution in [3.8, 4) is 23.0 Å². The molecule has 0 saturated carbocycles. The van der Waals surface area contributed by atoms with Gasteiger partial charge in [-0.15, -0.1) is 0 Å². The second kappa shape index (κ2) is 9.15. The van der Waals surface area contributed by atoms with Gasteiger partial charge in [0.15, 0.2) is 22.5 Å². The first kappa shape index (κ1) is 21.4.